The first-order chi connectivity index (χ1) is 11.7. The number of methoxy groups -OCH3 is 1. The molecule has 7 nitrogen and oxygen atoms in total. The fourth-order valence-electron chi connectivity index (χ4n) is 3.05. The van der Waals surface area contributed by atoms with Crippen molar-refractivity contribution in [3.63, 3.8) is 0 Å². The molecule has 0 aliphatic carbocycles. The van der Waals surface area contributed by atoms with Gasteiger partial charge in [0.2, 0.25) is 5.91 Å². The van der Waals surface area contributed by atoms with Crippen LogP contribution in [0.3, 0.4) is 0 Å². The van der Waals surface area contributed by atoms with Crippen LogP contribution < -0.4 is 0 Å². The maximum atomic E-state index is 12.4. The second-order valence-electron chi connectivity index (χ2n) is 5.91. The van der Waals surface area contributed by atoms with Gasteiger partial charge in [-0.15, -0.1) is 0 Å². The molecular weight excluding hydrogens is 308 g/mol. The molecule has 0 radical (unpaired) electrons. The molecule has 2 heterocycles. The molecule has 1 unspecified atom stereocenters. The average Bonchev–Trinajstić information content (AvgIpc) is 3.14. The van der Waals surface area contributed by atoms with Gasteiger partial charge in [0.1, 0.15) is 12.4 Å². The number of aliphatic hydroxyl groups is 1. The fourth-order valence-corrected chi connectivity index (χ4v) is 3.05. The van der Waals surface area contributed by atoms with Crippen LogP contribution in [-0.4, -0.2) is 50.9 Å². The van der Waals surface area contributed by atoms with Crippen molar-refractivity contribution in [1.82, 2.24) is 19.7 Å². The van der Waals surface area contributed by atoms with Crippen molar-refractivity contribution >= 4 is 5.91 Å². The normalized spacial score (nSPS) is 17.7. The van der Waals surface area contributed by atoms with Crippen LogP contribution in [0.15, 0.2) is 30.3 Å². The van der Waals surface area contributed by atoms with Gasteiger partial charge >= 0.3 is 0 Å². The van der Waals surface area contributed by atoms with E-state index >= 15 is 0 Å². The lowest BCUT2D eigenvalue weighted by atomic mass is 9.99. The number of aliphatic hydroxyl groups excluding tert-OH is 1. The predicted octanol–water partition coefficient (Wildman–Crippen LogP) is 0.933. The van der Waals surface area contributed by atoms with Crippen molar-refractivity contribution in [2.75, 3.05) is 20.3 Å². The second-order valence-corrected chi connectivity index (χ2v) is 5.91. The number of aromatic nitrogens is 3. The Hall–Kier alpha value is -2.25. The zero-order valence-electron chi connectivity index (χ0n) is 13.8. The molecule has 1 aliphatic heterocycles. The van der Waals surface area contributed by atoms with E-state index in [4.69, 9.17) is 4.74 Å². The number of hydrogen-bond donors (Lipinski definition) is 1. The van der Waals surface area contributed by atoms with Crippen LogP contribution in [0.25, 0.3) is 0 Å². The Morgan fingerprint density at radius 2 is 2.12 bits per heavy atom. The van der Waals surface area contributed by atoms with Crippen molar-refractivity contribution in [3.05, 3.63) is 47.5 Å². The molecule has 1 atom stereocenters. The Bertz CT molecular complexity index is 686. The highest BCUT2D eigenvalue weighted by Gasteiger charge is 2.31. The van der Waals surface area contributed by atoms with E-state index in [0.29, 0.717) is 44.3 Å². The molecule has 1 amide bonds. The molecule has 128 valence electrons. The van der Waals surface area contributed by atoms with Crippen molar-refractivity contribution < 1.29 is 14.6 Å². The molecule has 3 rings (SSSR count). The SMILES string of the molecule is COCc1nc(CN2CC(c3ccccc3)CC2=O)n(CCO)n1. The van der Waals surface area contributed by atoms with Gasteiger partial charge in [-0.1, -0.05) is 30.3 Å². The minimum absolute atomic E-state index is 0.0244. The van der Waals surface area contributed by atoms with Crippen molar-refractivity contribution in [1.29, 1.82) is 0 Å². The predicted molar refractivity (Wildman–Crippen MR) is 87.0 cm³/mol. The standard InChI is InChI=1S/C17H22N4O3/c1-24-12-15-18-16(21(19-15)7-8-22)11-20-10-14(9-17(20)23)13-5-3-2-4-6-13/h2-6,14,22H,7-12H2,1H3. The number of amides is 1. The summed E-state index contributed by atoms with van der Waals surface area (Å²) in [5.41, 5.74) is 1.19. The van der Waals surface area contributed by atoms with Crippen LogP contribution in [0.1, 0.15) is 29.6 Å². The van der Waals surface area contributed by atoms with E-state index in [2.05, 4.69) is 22.2 Å². The van der Waals surface area contributed by atoms with Gasteiger partial charge in [0.15, 0.2) is 5.82 Å². The molecular formula is C17H22N4O3. The molecule has 0 bridgehead atoms. The summed E-state index contributed by atoms with van der Waals surface area (Å²) in [6, 6.07) is 10.1. The maximum Gasteiger partial charge on any atom is 0.223 e. The van der Waals surface area contributed by atoms with Crippen molar-refractivity contribution in [2.45, 2.75) is 32.0 Å². The molecule has 2 aromatic rings. The van der Waals surface area contributed by atoms with Crippen LogP contribution in [0, 0.1) is 0 Å². The highest BCUT2D eigenvalue weighted by atomic mass is 16.5. The maximum absolute atomic E-state index is 12.4. The molecule has 1 saturated heterocycles. The average molecular weight is 330 g/mol. The number of nitrogens with zero attached hydrogens (tertiary/aromatic N) is 4. The minimum Gasteiger partial charge on any atom is -0.394 e. The molecule has 1 fully saturated rings. The van der Waals surface area contributed by atoms with Crippen LogP contribution in [0.5, 0.6) is 0 Å². The number of carbonyl (C=O) groups is 1. The fraction of sp³-hybridized carbons (Fsp3) is 0.471. The van der Waals surface area contributed by atoms with E-state index in [1.54, 1.807) is 11.8 Å². The molecule has 0 spiro atoms. The first-order valence-electron chi connectivity index (χ1n) is 8.06. The number of rotatable bonds is 7. The highest BCUT2D eigenvalue weighted by molar-refractivity contribution is 5.79. The summed E-state index contributed by atoms with van der Waals surface area (Å²) in [5, 5.41) is 13.5. The summed E-state index contributed by atoms with van der Waals surface area (Å²) in [5.74, 6) is 1.58. The monoisotopic (exact) mass is 330 g/mol. The lowest BCUT2D eigenvalue weighted by molar-refractivity contribution is -0.128. The van der Waals surface area contributed by atoms with Gasteiger partial charge in [-0.3, -0.25) is 4.79 Å². The number of likely N-dealkylation sites (tertiary alicyclic amines) is 1. The smallest absolute Gasteiger partial charge is 0.223 e. The third-order valence-corrected chi connectivity index (χ3v) is 4.20. The number of ether oxygens (including phenoxy) is 1. The Morgan fingerprint density at radius 1 is 1.33 bits per heavy atom. The van der Waals surface area contributed by atoms with Crippen LogP contribution in [0.2, 0.25) is 0 Å². The Labute approximate surface area is 140 Å². The lowest BCUT2D eigenvalue weighted by Crippen LogP contribution is -2.26. The molecule has 1 N–H and O–H groups in total. The molecule has 7 heteroatoms. The Kier molecular flexibility index (Phi) is 5.22. The summed E-state index contributed by atoms with van der Waals surface area (Å²) in [6.07, 6.45) is 0.517. The lowest BCUT2D eigenvalue weighted by Gasteiger charge is -2.16. The van der Waals surface area contributed by atoms with E-state index in [0.717, 1.165) is 0 Å². The third kappa shape index (κ3) is 3.63. The summed E-state index contributed by atoms with van der Waals surface area (Å²) in [7, 11) is 1.58. The molecule has 1 aromatic carbocycles. The van der Waals surface area contributed by atoms with E-state index < -0.39 is 0 Å². The first kappa shape index (κ1) is 16.6. The van der Waals surface area contributed by atoms with Gasteiger partial charge in [0.25, 0.3) is 0 Å². The van der Waals surface area contributed by atoms with Crippen LogP contribution >= 0.6 is 0 Å². The largest absolute Gasteiger partial charge is 0.394 e. The molecule has 24 heavy (non-hydrogen) atoms. The van der Waals surface area contributed by atoms with Gasteiger partial charge in [-0.25, -0.2) is 9.67 Å². The van der Waals surface area contributed by atoms with Crippen molar-refractivity contribution in [3.8, 4) is 0 Å². The van der Waals surface area contributed by atoms with Gasteiger partial charge < -0.3 is 14.7 Å². The Morgan fingerprint density at radius 3 is 2.83 bits per heavy atom. The van der Waals surface area contributed by atoms with E-state index in [9.17, 15) is 9.90 Å². The molecule has 1 aromatic heterocycles. The van der Waals surface area contributed by atoms with Gasteiger partial charge in [0, 0.05) is 26.0 Å². The first-order valence-corrected chi connectivity index (χ1v) is 8.06. The van der Waals surface area contributed by atoms with Gasteiger partial charge in [-0.2, -0.15) is 5.10 Å². The molecule has 1 aliphatic rings. The topological polar surface area (TPSA) is 80.5 Å². The van der Waals surface area contributed by atoms with Gasteiger partial charge in [-0.05, 0) is 5.56 Å². The quantitative estimate of drug-likeness (QED) is 0.817. The number of hydrogen-bond acceptors (Lipinski definition) is 5. The number of benzene rings is 1. The summed E-state index contributed by atoms with van der Waals surface area (Å²) < 4.78 is 6.71. The third-order valence-electron chi connectivity index (χ3n) is 4.20. The van der Waals surface area contributed by atoms with Crippen molar-refractivity contribution in [2.24, 2.45) is 0 Å². The number of carbonyl (C=O) groups excluding carboxylic acids is 1. The molecule has 0 saturated carbocycles. The summed E-state index contributed by atoms with van der Waals surface area (Å²) >= 11 is 0. The van der Waals surface area contributed by atoms with E-state index in [1.165, 1.54) is 5.56 Å². The Balaban J connectivity index is 1.72. The zero-order chi connectivity index (χ0) is 16.9. The minimum atomic E-state index is -0.0244. The van der Waals surface area contributed by atoms with E-state index in [-0.39, 0.29) is 18.4 Å². The second kappa shape index (κ2) is 7.55. The van der Waals surface area contributed by atoms with Crippen LogP contribution in [-0.2, 0) is 29.2 Å². The zero-order valence-corrected chi connectivity index (χ0v) is 13.8. The highest BCUT2D eigenvalue weighted by Crippen LogP contribution is 2.28. The van der Waals surface area contributed by atoms with Crippen LogP contribution in [0.4, 0.5) is 0 Å². The van der Waals surface area contributed by atoms with Gasteiger partial charge in [0.05, 0.1) is 19.7 Å². The summed E-state index contributed by atoms with van der Waals surface area (Å²) in [4.78, 5) is 18.6. The van der Waals surface area contributed by atoms with E-state index in [1.807, 2.05) is 23.1 Å². The summed E-state index contributed by atoms with van der Waals surface area (Å²) in [6.45, 7) is 1.72.